The lowest BCUT2D eigenvalue weighted by molar-refractivity contribution is 0.161. The third-order valence-electron chi connectivity index (χ3n) is 3.11. The maximum absolute atomic E-state index is 12.9. The van der Waals surface area contributed by atoms with Gasteiger partial charge in [-0.05, 0) is 42.0 Å². The molecule has 1 heterocycles. The van der Waals surface area contributed by atoms with E-state index in [0.717, 1.165) is 5.56 Å². The molecule has 7 heteroatoms. The van der Waals surface area contributed by atoms with Crippen LogP contribution >= 0.6 is 0 Å². The molecule has 0 saturated heterocycles. The standard InChI is InChI=1S/C16H14FN3O3/c17-13-6-4-12(5-7-13)16-19-15(20-23-16)10-22-14-3-1-2-11(8-14)9-18-21/h1-8,18,21H,9-10H2. The number of rotatable bonds is 6. The summed E-state index contributed by atoms with van der Waals surface area (Å²) in [5.74, 6) is 0.997. The average molecular weight is 315 g/mol. The highest BCUT2D eigenvalue weighted by Gasteiger charge is 2.09. The molecule has 0 atom stereocenters. The topological polar surface area (TPSA) is 80.4 Å². The normalized spacial score (nSPS) is 10.7. The molecule has 0 amide bonds. The monoisotopic (exact) mass is 315 g/mol. The second-order valence-corrected chi connectivity index (χ2v) is 4.79. The molecule has 6 nitrogen and oxygen atoms in total. The fourth-order valence-corrected chi connectivity index (χ4v) is 2.01. The Morgan fingerprint density at radius 2 is 2.00 bits per heavy atom. The highest BCUT2D eigenvalue weighted by Crippen LogP contribution is 2.19. The van der Waals surface area contributed by atoms with Crippen molar-refractivity contribution in [2.75, 3.05) is 0 Å². The van der Waals surface area contributed by atoms with Crippen molar-refractivity contribution in [1.29, 1.82) is 0 Å². The molecule has 1 aromatic heterocycles. The van der Waals surface area contributed by atoms with Crippen LogP contribution in [0.5, 0.6) is 5.75 Å². The number of nitrogens with zero attached hydrogens (tertiary/aromatic N) is 2. The quantitative estimate of drug-likeness (QED) is 0.681. The molecule has 0 saturated carbocycles. The Morgan fingerprint density at radius 3 is 2.78 bits per heavy atom. The minimum atomic E-state index is -0.325. The van der Waals surface area contributed by atoms with Gasteiger partial charge in [0, 0.05) is 12.1 Å². The number of nitrogens with one attached hydrogen (secondary N) is 1. The molecule has 118 valence electrons. The van der Waals surface area contributed by atoms with Crippen LogP contribution in [0.15, 0.2) is 53.1 Å². The van der Waals surface area contributed by atoms with E-state index in [1.807, 2.05) is 12.1 Å². The summed E-state index contributed by atoms with van der Waals surface area (Å²) in [6.45, 7) is 0.467. The van der Waals surface area contributed by atoms with Crippen LogP contribution in [0.1, 0.15) is 11.4 Å². The molecule has 0 spiro atoms. The third-order valence-corrected chi connectivity index (χ3v) is 3.11. The molecular weight excluding hydrogens is 301 g/mol. The number of hydrogen-bond acceptors (Lipinski definition) is 6. The fraction of sp³-hybridized carbons (Fsp3) is 0.125. The van der Waals surface area contributed by atoms with Crippen LogP contribution in [-0.2, 0) is 13.2 Å². The molecule has 0 aliphatic rings. The van der Waals surface area contributed by atoms with Gasteiger partial charge in [-0.15, -0.1) is 0 Å². The van der Waals surface area contributed by atoms with E-state index in [1.54, 1.807) is 24.3 Å². The molecule has 3 rings (SSSR count). The van der Waals surface area contributed by atoms with Gasteiger partial charge in [-0.25, -0.2) is 9.87 Å². The Balaban J connectivity index is 1.65. The maximum Gasteiger partial charge on any atom is 0.258 e. The summed E-state index contributed by atoms with van der Waals surface area (Å²) in [5.41, 5.74) is 3.61. The first-order valence-electron chi connectivity index (χ1n) is 6.92. The van der Waals surface area contributed by atoms with Gasteiger partial charge in [-0.3, -0.25) is 0 Å². The molecule has 3 aromatic rings. The van der Waals surface area contributed by atoms with Gasteiger partial charge < -0.3 is 14.5 Å². The number of aromatic nitrogens is 2. The lowest BCUT2D eigenvalue weighted by Crippen LogP contribution is -2.06. The Bertz CT molecular complexity index is 774. The van der Waals surface area contributed by atoms with Crippen LogP contribution in [0, 0.1) is 5.82 Å². The molecule has 0 aliphatic heterocycles. The van der Waals surface area contributed by atoms with Gasteiger partial charge >= 0.3 is 0 Å². The van der Waals surface area contributed by atoms with Gasteiger partial charge in [0.1, 0.15) is 11.6 Å². The second-order valence-electron chi connectivity index (χ2n) is 4.79. The zero-order chi connectivity index (χ0) is 16.1. The van der Waals surface area contributed by atoms with Gasteiger partial charge in [0.05, 0.1) is 0 Å². The Morgan fingerprint density at radius 1 is 1.17 bits per heavy atom. The number of benzene rings is 2. The smallest absolute Gasteiger partial charge is 0.258 e. The average Bonchev–Trinajstić information content (AvgIpc) is 3.03. The highest BCUT2D eigenvalue weighted by molar-refractivity contribution is 5.52. The first-order valence-corrected chi connectivity index (χ1v) is 6.92. The summed E-state index contributed by atoms with van der Waals surface area (Å²) in [7, 11) is 0. The molecule has 23 heavy (non-hydrogen) atoms. The predicted octanol–water partition coefficient (Wildman–Crippen LogP) is 2.93. The first kappa shape index (κ1) is 15.1. The summed E-state index contributed by atoms with van der Waals surface area (Å²) in [6, 6.07) is 13.1. The Hall–Kier alpha value is -2.77. The molecule has 2 N–H and O–H groups in total. The van der Waals surface area contributed by atoms with Crippen LogP contribution in [0.4, 0.5) is 4.39 Å². The second kappa shape index (κ2) is 6.99. The molecule has 2 aromatic carbocycles. The van der Waals surface area contributed by atoms with E-state index >= 15 is 0 Å². The van der Waals surface area contributed by atoms with Crippen molar-refractivity contribution < 1.29 is 18.9 Å². The number of ether oxygens (including phenoxy) is 1. The molecular formula is C16H14FN3O3. The summed E-state index contributed by atoms with van der Waals surface area (Å²) >= 11 is 0. The Kier molecular flexibility index (Phi) is 4.60. The van der Waals surface area contributed by atoms with Crippen LogP contribution in [0.3, 0.4) is 0 Å². The van der Waals surface area contributed by atoms with E-state index in [2.05, 4.69) is 15.6 Å². The number of hydroxylamine groups is 1. The molecule has 0 bridgehead atoms. The first-order chi connectivity index (χ1) is 11.2. The van der Waals surface area contributed by atoms with E-state index in [-0.39, 0.29) is 12.4 Å². The van der Waals surface area contributed by atoms with Crippen molar-refractivity contribution in [2.24, 2.45) is 0 Å². The maximum atomic E-state index is 12.9. The highest BCUT2D eigenvalue weighted by atomic mass is 19.1. The molecule has 0 aliphatic carbocycles. The predicted molar refractivity (Wildman–Crippen MR) is 79.1 cm³/mol. The van der Waals surface area contributed by atoms with Crippen LogP contribution in [-0.4, -0.2) is 15.3 Å². The summed E-state index contributed by atoms with van der Waals surface area (Å²) < 4.78 is 23.6. The van der Waals surface area contributed by atoms with Crippen molar-refractivity contribution in [2.45, 2.75) is 13.2 Å². The number of hydrogen-bond donors (Lipinski definition) is 2. The van der Waals surface area contributed by atoms with E-state index in [9.17, 15) is 4.39 Å². The van der Waals surface area contributed by atoms with E-state index in [4.69, 9.17) is 14.5 Å². The van der Waals surface area contributed by atoms with Gasteiger partial charge in [-0.2, -0.15) is 4.98 Å². The summed E-state index contributed by atoms with van der Waals surface area (Å²) in [6.07, 6.45) is 0. The fourth-order valence-electron chi connectivity index (χ4n) is 2.01. The van der Waals surface area contributed by atoms with Crippen molar-refractivity contribution in [3.05, 3.63) is 65.7 Å². The number of halogens is 1. The van der Waals surface area contributed by atoms with Gasteiger partial charge in [-0.1, -0.05) is 17.3 Å². The van der Waals surface area contributed by atoms with E-state index < -0.39 is 0 Å². The lowest BCUT2D eigenvalue weighted by atomic mass is 10.2. The summed E-state index contributed by atoms with van der Waals surface area (Å²) in [5, 5.41) is 12.5. The van der Waals surface area contributed by atoms with Gasteiger partial charge in [0.15, 0.2) is 6.61 Å². The van der Waals surface area contributed by atoms with Gasteiger partial charge in [0.2, 0.25) is 5.82 Å². The minimum absolute atomic E-state index is 0.140. The zero-order valence-electron chi connectivity index (χ0n) is 12.1. The van der Waals surface area contributed by atoms with Crippen molar-refractivity contribution in [3.8, 4) is 17.2 Å². The van der Waals surface area contributed by atoms with Crippen LogP contribution < -0.4 is 10.2 Å². The van der Waals surface area contributed by atoms with Crippen molar-refractivity contribution in [1.82, 2.24) is 15.6 Å². The molecule has 0 fully saturated rings. The van der Waals surface area contributed by atoms with Crippen LogP contribution in [0.25, 0.3) is 11.5 Å². The third kappa shape index (κ3) is 3.91. The van der Waals surface area contributed by atoms with Crippen molar-refractivity contribution >= 4 is 0 Å². The van der Waals surface area contributed by atoms with Crippen molar-refractivity contribution in [3.63, 3.8) is 0 Å². The largest absolute Gasteiger partial charge is 0.485 e. The van der Waals surface area contributed by atoms with E-state index in [1.165, 1.54) is 12.1 Å². The lowest BCUT2D eigenvalue weighted by Gasteiger charge is -2.05. The zero-order valence-corrected chi connectivity index (χ0v) is 12.1. The molecule has 0 unspecified atom stereocenters. The SMILES string of the molecule is ONCc1cccc(OCc2noc(-c3ccc(F)cc3)n2)c1. The minimum Gasteiger partial charge on any atom is -0.485 e. The molecule has 0 radical (unpaired) electrons. The van der Waals surface area contributed by atoms with E-state index in [0.29, 0.717) is 29.6 Å². The van der Waals surface area contributed by atoms with Gasteiger partial charge in [0.25, 0.3) is 5.89 Å². The Labute approximate surface area is 131 Å². The van der Waals surface area contributed by atoms with Crippen LogP contribution in [0.2, 0.25) is 0 Å². The summed E-state index contributed by atoms with van der Waals surface area (Å²) in [4.78, 5) is 4.21.